The number of aromatic nitrogens is 1. The number of hydrogen-bond acceptors (Lipinski definition) is 1. The van der Waals surface area contributed by atoms with Crippen LogP contribution in [0.1, 0.15) is 44.1 Å². The molecular weight excluding hydrogens is 210 g/mol. The van der Waals surface area contributed by atoms with E-state index in [4.69, 9.17) is 0 Å². The van der Waals surface area contributed by atoms with Crippen LogP contribution in [0.15, 0.2) is 24.5 Å². The minimum Gasteiger partial charge on any atom is -0.506 e. The molecule has 1 spiro atoms. The Kier molecular flexibility index (Phi) is 1.69. The van der Waals surface area contributed by atoms with Gasteiger partial charge in [0, 0.05) is 42.6 Å². The maximum absolute atomic E-state index is 10.6. The molecule has 1 saturated heterocycles. The highest BCUT2D eigenvalue weighted by Crippen LogP contribution is 2.65. The van der Waals surface area contributed by atoms with Gasteiger partial charge in [0.1, 0.15) is 6.04 Å². The van der Waals surface area contributed by atoms with Crippen LogP contribution in [-0.2, 0) is 5.54 Å². The molecule has 2 bridgehead atoms. The Labute approximate surface area is 101 Å². The summed E-state index contributed by atoms with van der Waals surface area (Å²) in [4.78, 5) is 4.23. The Bertz CT molecular complexity index is 484. The molecule has 3 heteroatoms. The molecule has 1 aromatic rings. The van der Waals surface area contributed by atoms with Crippen LogP contribution in [-0.4, -0.2) is 15.7 Å². The number of fused-ring (bicyclic) bond motifs is 1. The van der Waals surface area contributed by atoms with Gasteiger partial charge in [0.25, 0.3) is 0 Å². The first kappa shape index (κ1) is 9.75. The molecule has 0 aromatic carbocycles. The van der Waals surface area contributed by atoms with E-state index < -0.39 is 0 Å². The molecule has 1 aliphatic heterocycles. The van der Waals surface area contributed by atoms with Crippen molar-refractivity contribution in [2.24, 2.45) is 5.41 Å². The molecule has 0 radical (unpaired) electrons. The number of piperidine rings is 1. The summed E-state index contributed by atoms with van der Waals surface area (Å²) < 4.78 is 1.69. The normalized spacial score (nSPS) is 43.1. The average molecular weight is 227 g/mol. The van der Waals surface area contributed by atoms with Crippen LogP contribution >= 0.6 is 0 Å². The van der Waals surface area contributed by atoms with Gasteiger partial charge in [-0.15, -0.1) is 0 Å². The van der Waals surface area contributed by atoms with Gasteiger partial charge >= 0.3 is 0 Å². The van der Waals surface area contributed by atoms with E-state index in [1.807, 2.05) is 18.5 Å². The Morgan fingerprint density at radius 3 is 3.06 bits per heavy atom. The fourth-order valence-electron chi connectivity index (χ4n) is 4.73. The topological polar surface area (TPSA) is 38.2 Å². The van der Waals surface area contributed by atoms with E-state index >= 15 is 0 Å². The Morgan fingerprint density at radius 1 is 1.35 bits per heavy atom. The molecule has 17 heavy (non-hydrogen) atoms. The van der Waals surface area contributed by atoms with E-state index in [9.17, 15) is 5.53 Å². The maximum Gasteiger partial charge on any atom is 0.179 e. The standard InChI is InChI=1S/C14H17N3/c15-17-12-4-1-5-13(12)6-7-14(17,10-13)11-3-2-8-16-9-11/h2-3,8-9,12H,1,4-7,10H2/t12?,13?,14-/m0/s1. The van der Waals surface area contributed by atoms with Crippen molar-refractivity contribution in [3.8, 4) is 0 Å². The van der Waals surface area contributed by atoms with Crippen molar-refractivity contribution in [1.29, 1.82) is 0 Å². The van der Waals surface area contributed by atoms with Crippen LogP contribution in [0.2, 0.25) is 0 Å². The van der Waals surface area contributed by atoms with Gasteiger partial charge in [0.2, 0.25) is 0 Å². The van der Waals surface area contributed by atoms with Crippen molar-refractivity contribution in [1.82, 2.24) is 4.98 Å². The Balaban J connectivity index is 1.84. The summed E-state index contributed by atoms with van der Waals surface area (Å²) in [6, 6.07) is 4.50. The van der Waals surface area contributed by atoms with Crippen LogP contribution < -0.4 is 0 Å². The summed E-state index contributed by atoms with van der Waals surface area (Å²) in [5.74, 6) is 0. The molecule has 1 aromatic heterocycles. The summed E-state index contributed by atoms with van der Waals surface area (Å²) in [6.07, 6.45) is 11.0. The van der Waals surface area contributed by atoms with Gasteiger partial charge in [0.05, 0.1) is 0 Å². The second-order valence-corrected chi connectivity index (χ2v) is 6.07. The minimum atomic E-state index is -0.126. The monoisotopic (exact) mass is 227 g/mol. The number of pyridine rings is 1. The van der Waals surface area contributed by atoms with Crippen molar-refractivity contribution < 1.29 is 4.70 Å². The van der Waals surface area contributed by atoms with Gasteiger partial charge in [-0.3, -0.25) is 4.98 Å². The summed E-state index contributed by atoms with van der Waals surface area (Å²) in [5.41, 5.74) is 12.1. The highest BCUT2D eigenvalue weighted by atomic mass is 15.3. The minimum absolute atomic E-state index is 0.126. The predicted octanol–water partition coefficient (Wildman–Crippen LogP) is 3.05. The zero-order chi connectivity index (χ0) is 11.5. The van der Waals surface area contributed by atoms with E-state index in [1.165, 1.54) is 31.2 Å². The van der Waals surface area contributed by atoms with Gasteiger partial charge < -0.3 is 10.2 Å². The Hall–Kier alpha value is -1.25. The van der Waals surface area contributed by atoms with Gasteiger partial charge in [-0.2, -0.15) is 0 Å². The molecule has 0 N–H and O–H groups in total. The lowest BCUT2D eigenvalue weighted by Gasteiger charge is -2.32. The molecule has 4 rings (SSSR count). The molecular formula is C14H17N3. The van der Waals surface area contributed by atoms with Gasteiger partial charge in [-0.05, 0) is 31.4 Å². The van der Waals surface area contributed by atoms with Gasteiger partial charge in [-0.25, -0.2) is 0 Å². The first-order valence-corrected chi connectivity index (χ1v) is 6.66. The lowest BCUT2D eigenvalue weighted by Crippen LogP contribution is -2.39. The molecule has 2 heterocycles. The molecule has 2 unspecified atom stereocenters. The van der Waals surface area contributed by atoms with Gasteiger partial charge in [-0.1, -0.05) is 0 Å². The van der Waals surface area contributed by atoms with Crippen LogP contribution in [0.3, 0.4) is 0 Å². The number of hydrogen-bond donors (Lipinski definition) is 0. The largest absolute Gasteiger partial charge is 0.506 e. The lowest BCUT2D eigenvalue weighted by atomic mass is 9.82. The fourth-order valence-corrected chi connectivity index (χ4v) is 4.73. The fraction of sp³-hybridized carbons (Fsp3) is 0.643. The first-order valence-electron chi connectivity index (χ1n) is 6.66. The average Bonchev–Trinajstić information content (AvgIpc) is 3.01. The van der Waals surface area contributed by atoms with E-state index in [0.717, 1.165) is 12.8 Å². The van der Waals surface area contributed by atoms with Crippen LogP contribution in [0.4, 0.5) is 0 Å². The maximum atomic E-state index is 10.6. The van der Waals surface area contributed by atoms with Crippen molar-refractivity contribution in [3.05, 3.63) is 35.6 Å². The van der Waals surface area contributed by atoms with E-state index in [2.05, 4.69) is 11.1 Å². The summed E-state index contributed by atoms with van der Waals surface area (Å²) in [6.45, 7) is 0. The highest BCUT2D eigenvalue weighted by Gasteiger charge is 2.68. The molecule has 88 valence electrons. The third-order valence-corrected chi connectivity index (χ3v) is 5.47. The molecule has 3 fully saturated rings. The highest BCUT2D eigenvalue weighted by molar-refractivity contribution is 5.25. The molecule has 2 saturated carbocycles. The molecule has 3 aliphatic rings. The third-order valence-electron chi connectivity index (χ3n) is 5.47. The van der Waals surface area contributed by atoms with E-state index in [0.29, 0.717) is 11.5 Å². The van der Waals surface area contributed by atoms with Crippen LogP contribution in [0.5, 0.6) is 0 Å². The van der Waals surface area contributed by atoms with Crippen LogP contribution in [0, 0.1) is 5.41 Å². The van der Waals surface area contributed by atoms with Crippen molar-refractivity contribution >= 4 is 0 Å². The van der Waals surface area contributed by atoms with Crippen LogP contribution in [0.25, 0.3) is 5.53 Å². The van der Waals surface area contributed by atoms with Gasteiger partial charge in [0.15, 0.2) is 5.54 Å². The third kappa shape index (κ3) is 1.01. The zero-order valence-corrected chi connectivity index (χ0v) is 9.97. The van der Waals surface area contributed by atoms with Crippen molar-refractivity contribution in [2.75, 3.05) is 0 Å². The summed E-state index contributed by atoms with van der Waals surface area (Å²) in [7, 11) is 0. The zero-order valence-electron chi connectivity index (χ0n) is 9.97. The summed E-state index contributed by atoms with van der Waals surface area (Å²) in [5, 5.41) is 0. The number of rotatable bonds is 1. The molecule has 3 atom stereocenters. The van der Waals surface area contributed by atoms with E-state index in [1.54, 1.807) is 4.70 Å². The number of nitrogens with zero attached hydrogens (tertiary/aromatic N) is 3. The summed E-state index contributed by atoms with van der Waals surface area (Å²) >= 11 is 0. The predicted molar refractivity (Wildman–Crippen MR) is 63.5 cm³/mol. The molecule has 2 aliphatic carbocycles. The second kappa shape index (κ2) is 2.95. The van der Waals surface area contributed by atoms with Crippen molar-refractivity contribution in [2.45, 2.75) is 50.1 Å². The molecule has 0 amide bonds. The SMILES string of the molecule is [N-]=[N+]1C2CCCC23CC[C@@]1(c1cccnc1)C3. The van der Waals surface area contributed by atoms with Crippen molar-refractivity contribution in [3.63, 3.8) is 0 Å². The van der Waals surface area contributed by atoms with E-state index in [-0.39, 0.29) is 5.54 Å². The second-order valence-electron chi connectivity index (χ2n) is 6.07. The Morgan fingerprint density at radius 2 is 2.29 bits per heavy atom. The lowest BCUT2D eigenvalue weighted by molar-refractivity contribution is -0.657. The quantitative estimate of drug-likeness (QED) is 0.679. The molecule has 3 nitrogen and oxygen atoms in total. The smallest absolute Gasteiger partial charge is 0.179 e. The first-order chi connectivity index (χ1) is 8.27.